The molecule has 1 fully saturated rings. The molecule has 2 aromatic carbocycles. The van der Waals surface area contributed by atoms with E-state index in [2.05, 4.69) is 10.3 Å². The molecule has 1 aromatic heterocycles. The van der Waals surface area contributed by atoms with Crippen molar-refractivity contribution < 1.29 is 33.0 Å². The summed E-state index contributed by atoms with van der Waals surface area (Å²) in [6.45, 7) is 1.79. The summed E-state index contributed by atoms with van der Waals surface area (Å²) in [4.78, 5) is 29.0. The number of carbonyl (C=O) groups excluding carboxylic acids is 1. The molecular formula is C29H28ClF3N2O4. The number of alkyl halides is 2. The maximum Gasteiger partial charge on any atom is 0.335 e. The highest BCUT2D eigenvalue weighted by atomic mass is 35.5. The summed E-state index contributed by atoms with van der Waals surface area (Å²) < 4.78 is 42.0. The Balaban J connectivity index is 1.63. The van der Waals surface area contributed by atoms with Gasteiger partial charge in [0.25, 0.3) is 6.43 Å². The van der Waals surface area contributed by atoms with E-state index in [-0.39, 0.29) is 33.5 Å². The molecule has 1 saturated carbocycles. The van der Waals surface area contributed by atoms with Crippen LogP contribution in [0.25, 0.3) is 11.1 Å². The number of carbonyl (C=O) groups is 2. The molecule has 1 heterocycles. The second-order valence-corrected chi connectivity index (χ2v) is 10.6. The summed E-state index contributed by atoms with van der Waals surface area (Å²) in [5, 5.41) is 21.9. The van der Waals surface area contributed by atoms with Gasteiger partial charge in [0.15, 0.2) is 0 Å². The first-order chi connectivity index (χ1) is 18.4. The Morgan fingerprint density at radius 3 is 2.33 bits per heavy atom. The molecule has 206 valence electrons. The van der Waals surface area contributed by atoms with Crippen molar-refractivity contribution in [2.75, 3.05) is 5.32 Å². The number of pyridine rings is 1. The molecule has 39 heavy (non-hydrogen) atoms. The predicted octanol–water partition coefficient (Wildman–Crippen LogP) is 7.23. The number of nitrogens with one attached hydrogen (secondary N) is 1. The third kappa shape index (κ3) is 6.78. The van der Waals surface area contributed by atoms with Crippen LogP contribution in [0, 0.1) is 11.7 Å². The van der Waals surface area contributed by atoms with Gasteiger partial charge in [0.2, 0.25) is 5.91 Å². The highest BCUT2D eigenvalue weighted by Crippen LogP contribution is 2.39. The van der Waals surface area contributed by atoms with Gasteiger partial charge in [-0.15, -0.1) is 0 Å². The molecule has 0 spiro atoms. The van der Waals surface area contributed by atoms with Gasteiger partial charge in [0.05, 0.1) is 27.8 Å². The number of aromatic carboxylic acids is 1. The highest BCUT2D eigenvalue weighted by molar-refractivity contribution is 6.31. The maximum atomic E-state index is 14.8. The number of carboxylic acid groups (broad SMARTS) is 1. The lowest BCUT2D eigenvalue weighted by molar-refractivity contribution is -0.118. The van der Waals surface area contributed by atoms with Crippen LogP contribution in [0.5, 0.6) is 0 Å². The molecule has 10 heteroatoms. The van der Waals surface area contributed by atoms with Crippen molar-refractivity contribution in [2.24, 2.45) is 5.92 Å². The topological polar surface area (TPSA) is 99.5 Å². The minimum Gasteiger partial charge on any atom is -0.478 e. The molecule has 3 N–H and O–H groups in total. The largest absolute Gasteiger partial charge is 0.478 e. The summed E-state index contributed by atoms with van der Waals surface area (Å²) in [6, 6.07) is 10.8. The fourth-order valence-electron chi connectivity index (χ4n) is 4.96. The van der Waals surface area contributed by atoms with E-state index in [0.29, 0.717) is 43.5 Å². The van der Waals surface area contributed by atoms with E-state index >= 15 is 0 Å². The van der Waals surface area contributed by atoms with Crippen LogP contribution < -0.4 is 5.32 Å². The summed E-state index contributed by atoms with van der Waals surface area (Å²) in [6.07, 6.45) is 1.37. The monoisotopic (exact) mass is 560 g/mol. The molecule has 6 nitrogen and oxygen atoms in total. The molecular weight excluding hydrogens is 533 g/mol. The molecule has 4 rings (SSSR count). The first-order valence-electron chi connectivity index (χ1n) is 12.5. The van der Waals surface area contributed by atoms with E-state index in [9.17, 15) is 27.9 Å². The van der Waals surface area contributed by atoms with E-state index in [1.54, 1.807) is 6.92 Å². The minimum atomic E-state index is -2.93. The lowest BCUT2D eigenvalue weighted by Gasteiger charge is -2.34. The molecule has 0 aliphatic heterocycles. The second-order valence-electron chi connectivity index (χ2n) is 10.2. The van der Waals surface area contributed by atoms with Gasteiger partial charge in [0.1, 0.15) is 5.82 Å². The van der Waals surface area contributed by atoms with Gasteiger partial charge in [-0.1, -0.05) is 23.7 Å². The standard InChI is InChI=1S/C29H28ClF3N2O4/c1-29(39)12-10-16(11-13-29)14-21(27(36)35-19-5-2-17(3-6-19)28(37)38)23-9-4-18(15-34-23)24-20(26(32)33)7-8-22(30)25(24)31/h2-9,15-16,21,26,39H,10-14H2,1H3,(H,35,36)(H,37,38). The van der Waals surface area contributed by atoms with Gasteiger partial charge >= 0.3 is 5.97 Å². The molecule has 1 aliphatic rings. The summed E-state index contributed by atoms with van der Waals surface area (Å²) in [7, 11) is 0. The number of carboxylic acids is 1. The molecule has 0 radical (unpaired) electrons. The zero-order chi connectivity index (χ0) is 28.3. The first-order valence-corrected chi connectivity index (χ1v) is 12.9. The Kier molecular flexibility index (Phi) is 8.61. The van der Waals surface area contributed by atoms with Gasteiger partial charge in [0, 0.05) is 28.6 Å². The Bertz CT molecular complexity index is 1340. The molecule has 3 aromatic rings. The SMILES string of the molecule is CC1(O)CCC(CC(C(=O)Nc2ccc(C(=O)O)cc2)c2ccc(-c3c(C(F)F)ccc(Cl)c3F)cn2)CC1. The van der Waals surface area contributed by atoms with E-state index in [4.69, 9.17) is 16.7 Å². The van der Waals surface area contributed by atoms with Crippen molar-refractivity contribution in [3.8, 4) is 11.1 Å². The van der Waals surface area contributed by atoms with Gasteiger partial charge in [-0.2, -0.15) is 0 Å². The predicted molar refractivity (Wildman–Crippen MR) is 142 cm³/mol. The van der Waals surface area contributed by atoms with Crippen molar-refractivity contribution in [1.82, 2.24) is 4.98 Å². The number of amides is 1. The van der Waals surface area contributed by atoms with Crippen LogP contribution in [0.4, 0.5) is 18.9 Å². The van der Waals surface area contributed by atoms with Gasteiger partial charge < -0.3 is 15.5 Å². The maximum absolute atomic E-state index is 14.8. The van der Waals surface area contributed by atoms with Crippen LogP contribution in [0.1, 0.15) is 73.0 Å². The molecule has 1 unspecified atom stereocenters. The van der Waals surface area contributed by atoms with Crippen molar-refractivity contribution in [3.05, 3.63) is 82.4 Å². The fraction of sp³-hybridized carbons (Fsp3) is 0.345. The van der Waals surface area contributed by atoms with Gasteiger partial charge in [-0.25, -0.2) is 18.0 Å². The Labute approximate surface area is 228 Å². The highest BCUT2D eigenvalue weighted by Gasteiger charge is 2.33. The Morgan fingerprint density at radius 1 is 1.10 bits per heavy atom. The molecule has 0 saturated heterocycles. The van der Waals surface area contributed by atoms with Crippen LogP contribution in [-0.2, 0) is 4.79 Å². The number of aliphatic hydroxyl groups is 1. The smallest absolute Gasteiger partial charge is 0.335 e. The van der Waals surface area contributed by atoms with Gasteiger partial charge in [-0.05, 0) is 81.3 Å². The average molecular weight is 561 g/mol. The molecule has 1 amide bonds. The van der Waals surface area contributed by atoms with E-state index in [0.717, 1.165) is 12.1 Å². The lowest BCUT2D eigenvalue weighted by atomic mass is 9.76. The fourth-order valence-corrected chi connectivity index (χ4v) is 5.11. The number of hydrogen-bond acceptors (Lipinski definition) is 4. The van der Waals surface area contributed by atoms with Crippen LogP contribution in [0.3, 0.4) is 0 Å². The molecule has 1 aliphatic carbocycles. The normalized spacial score (nSPS) is 20.0. The molecule has 0 bridgehead atoms. The zero-order valence-electron chi connectivity index (χ0n) is 21.1. The quantitative estimate of drug-likeness (QED) is 0.270. The van der Waals surface area contributed by atoms with Crippen molar-refractivity contribution in [3.63, 3.8) is 0 Å². The van der Waals surface area contributed by atoms with E-state index in [1.807, 2.05) is 0 Å². The van der Waals surface area contributed by atoms with Gasteiger partial charge in [-0.3, -0.25) is 9.78 Å². The summed E-state index contributed by atoms with van der Waals surface area (Å²) in [5.74, 6) is -3.04. The lowest BCUT2D eigenvalue weighted by Crippen LogP contribution is -2.32. The van der Waals surface area contributed by atoms with Crippen LogP contribution in [-0.4, -0.2) is 32.7 Å². The summed E-state index contributed by atoms with van der Waals surface area (Å²) in [5.41, 5.74) is -0.648. The number of halogens is 4. The third-order valence-electron chi connectivity index (χ3n) is 7.26. The number of nitrogens with zero attached hydrogens (tertiary/aromatic N) is 1. The number of anilines is 1. The average Bonchev–Trinajstić information content (AvgIpc) is 2.90. The number of benzene rings is 2. The third-order valence-corrected chi connectivity index (χ3v) is 7.55. The Morgan fingerprint density at radius 2 is 1.77 bits per heavy atom. The summed E-state index contributed by atoms with van der Waals surface area (Å²) >= 11 is 5.85. The van der Waals surface area contributed by atoms with Crippen LogP contribution >= 0.6 is 11.6 Å². The van der Waals surface area contributed by atoms with Crippen LogP contribution in [0.15, 0.2) is 54.7 Å². The number of rotatable bonds is 8. The van der Waals surface area contributed by atoms with Crippen molar-refractivity contribution in [1.29, 1.82) is 0 Å². The second kappa shape index (κ2) is 11.8. The number of hydrogen-bond donors (Lipinski definition) is 3. The minimum absolute atomic E-state index is 0.0764. The first kappa shape index (κ1) is 28.6. The Hall–Kier alpha value is -3.43. The van der Waals surface area contributed by atoms with Crippen LogP contribution in [0.2, 0.25) is 5.02 Å². The van der Waals surface area contributed by atoms with E-state index in [1.165, 1.54) is 42.6 Å². The molecule has 1 atom stereocenters. The van der Waals surface area contributed by atoms with Crippen molar-refractivity contribution in [2.45, 2.75) is 57.0 Å². The number of aromatic nitrogens is 1. The van der Waals surface area contributed by atoms with Crippen molar-refractivity contribution >= 4 is 29.2 Å². The van der Waals surface area contributed by atoms with E-state index < -0.39 is 35.3 Å². The zero-order valence-corrected chi connectivity index (χ0v) is 21.9.